The summed E-state index contributed by atoms with van der Waals surface area (Å²) in [7, 11) is 0. The number of carbonyl (C=O) groups excluding carboxylic acids is 2. The lowest BCUT2D eigenvalue weighted by Crippen LogP contribution is -2.26. The molecule has 4 heteroatoms. The van der Waals surface area contributed by atoms with Gasteiger partial charge in [-0.3, -0.25) is 9.59 Å². The zero-order valence-electron chi connectivity index (χ0n) is 13.4. The van der Waals surface area contributed by atoms with Crippen molar-refractivity contribution in [3.63, 3.8) is 0 Å². The first kappa shape index (κ1) is 16.5. The Kier molecular flexibility index (Phi) is 6.44. The molecule has 0 saturated carbocycles. The van der Waals surface area contributed by atoms with Gasteiger partial charge in [-0.2, -0.15) is 0 Å². The fourth-order valence-corrected chi connectivity index (χ4v) is 2.74. The van der Waals surface area contributed by atoms with Crippen molar-refractivity contribution >= 4 is 17.5 Å². The Bertz CT molecular complexity index is 496. The minimum absolute atomic E-state index is 0.0708. The first-order chi connectivity index (χ1) is 10.7. The van der Waals surface area contributed by atoms with Gasteiger partial charge in [-0.25, -0.2) is 0 Å². The molecular formula is C18H26N2O2. The maximum absolute atomic E-state index is 11.9. The SMILES string of the molecule is CCCCCCNC(=O)Cc1ccc(N2CCCC2=O)cc1. The van der Waals surface area contributed by atoms with Crippen LogP contribution in [-0.2, 0) is 16.0 Å². The van der Waals surface area contributed by atoms with Gasteiger partial charge in [0.05, 0.1) is 6.42 Å². The molecule has 1 heterocycles. The Balaban J connectivity index is 1.76. The Morgan fingerprint density at radius 2 is 1.95 bits per heavy atom. The molecule has 0 aromatic heterocycles. The Hall–Kier alpha value is -1.84. The van der Waals surface area contributed by atoms with E-state index in [-0.39, 0.29) is 11.8 Å². The summed E-state index contributed by atoms with van der Waals surface area (Å²) >= 11 is 0. The zero-order valence-corrected chi connectivity index (χ0v) is 13.4. The van der Waals surface area contributed by atoms with Crippen molar-refractivity contribution in [2.24, 2.45) is 0 Å². The molecule has 1 aromatic carbocycles. The summed E-state index contributed by atoms with van der Waals surface area (Å²) in [5.41, 5.74) is 1.92. The molecule has 0 atom stereocenters. The molecule has 22 heavy (non-hydrogen) atoms. The molecule has 4 nitrogen and oxygen atoms in total. The van der Waals surface area contributed by atoms with Crippen LogP contribution in [0, 0.1) is 0 Å². The van der Waals surface area contributed by atoms with Gasteiger partial charge in [0.25, 0.3) is 0 Å². The van der Waals surface area contributed by atoms with Gasteiger partial charge in [0.1, 0.15) is 0 Å². The van der Waals surface area contributed by atoms with Crippen LogP contribution in [0.15, 0.2) is 24.3 Å². The molecule has 0 aliphatic carbocycles. The standard InChI is InChI=1S/C18H26N2O2/c1-2-3-4-5-12-19-17(21)14-15-8-10-16(11-9-15)20-13-6-7-18(20)22/h8-11H,2-7,12-14H2,1H3,(H,19,21). The average molecular weight is 302 g/mol. The van der Waals surface area contributed by atoms with Gasteiger partial charge in [0.2, 0.25) is 11.8 Å². The fraction of sp³-hybridized carbons (Fsp3) is 0.556. The van der Waals surface area contributed by atoms with Crippen molar-refractivity contribution in [1.29, 1.82) is 0 Å². The predicted molar refractivity (Wildman–Crippen MR) is 88.9 cm³/mol. The van der Waals surface area contributed by atoms with Crippen molar-refractivity contribution in [1.82, 2.24) is 5.32 Å². The van der Waals surface area contributed by atoms with Gasteiger partial charge in [-0.1, -0.05) is 38.3 Å². The fourth-order valence-electron chi connectivity index (χ4n) is 2.74. The number of rotatable bonds is 8. The molecule has 1 aromatic rings. The van der Waals surface area contributed by atoms with Crippen molar-refractivity contribution < 1.29 is 9.59 Å². The number of carbonyl (C=O) groups is 2. The monoisotopic (exact) mass is 302 g/mol. The maximum Gasteiger partial charge on any atom is 0.227 e. The molecular weight excluding hydrogens is 276 g/mol. The van der Waals surface area contributed by atoms with Crippen LogP contribution < -0.4 is 10.2 Å². The van der Waals surface area contributed by atoms with Crippen molar-refractivity contribution in [2.75, 3.05) is 18.0 Å². The maximum atomic E-state index is 11.9. The number of benzene rings is 1. The molecule has 1 N–H and O–H groups in total. The highest BCUT2D eigenvalue weighted by molar-refractivity contribution is 5.95. The molecule has 2 amide bonds. The van der Waals surface area contributed by atoms with Gasteiger partial charge < -0.3 is 10.2 Å². The number of nitrogens with zero attached hydrogens (tertiary/aromatic N) is 1. The number of amides is 2. The Morgan fingerprint density at radius 3 is 2.59 bits per heavy atom. The normalized spacial score (nSPS) is 14.4. The van der Waals surface area contributed by atoms with E-state index in [1.54, 1.807) is 0 Å². The second kappa shape index (κ2) is 8.57. The second-order valence-corrected chi connectivity index (χ2v) is 5.90. The Morgan fingerprint density at radius 1 is 1.18 bits per heavy atom. The lowest BCUT2D eigenvalue weighted by molar-refractivity contribution is -0.120. The minimum atomic E-state index is 0.0708. The van der Waals surface area contributed by atoms with Crippen molar-refractivity contribution in [3.8, 4) is 0 Å². The summed E-state index contributed by atoms with van der Waals surface area (Å²) in [6, 6.07) is 7.76. The summed E-state index contributed by atoms with van der Waals surface area (Å²) in [6.07, 6.45) is 6.64. The third-order valence-electron chi connectivity index (χ3n) is 4.04. The van der Waals surface area contributed by atoms with Gasteiger partial charge in [0, 0.05) is 25.2 Å². The molecule has 0 spiro atoms. The molecule has 0 bridgehead atoms. The van der Waals surface area contributed by atoms with Crippen LogP contribution in [0.25, 0.3) is 0 Å². The van der Waals surface area contributed by atoms with Crippen LogP contribution in [0.3, 0.4) is 0 Å². The minimum Gasteiger partial charge on any atom is -0.356 e. The van der Waals surface area contributed by atoms with Crippen molar-refractivity contribution in [2.45, 2.75) is 51.9 Å². The molecule has 1 aliphatic heterocycles. The van der Waals surface area contributed by atoms with Crippen LogP contribution in [-0.4, -0.2) is 24.9 Å². The zero-order chi connectivity index (χ0) is 15.8. The third-order valence-corrected chi connectivity index (χ3v) is 4.04. The third kappa shape index (κ3) is 4.86. The number of nitrogens with one attached hydrogen (secondary N) is 1. The van der Waals surface area contributed by atoms with E-state index in [1.807, 2.05) is 29.2 Å². The predicted octanol–water partition coefficient (Wildman–Crippen LogP) is 3.05. The lowest BCUT2D eigenvalue weighted by atomic mass is 10.1. The van der Waals surface area contributed by atoms with Crippen LogP contribution in [0.4, 0.5) is 5.69 Å². The lowest BCUT2D eigenvalue weighted by Gasteiger charge is -2.15. The topological polar surface area (TPSA) is 49.4 Å². The highest BCUT2D eigenvalue weighted by atomic mass is 16.2. The smallest absolute Gasteiger partial charge is 0.227 e. The van der Waals surface area contributed by atoms with E-state index in [4.69, 9.17) is 0 Å². The molecule has 1 fully saturated rings. The molecule has 1 aliphatic rings. The van der Waals surface area contributed by atoms with E-state index in [9.17, 15) is 9.59 Å². The first-order valence-corrected chi connectivity index (χ1v) is 8.36. The number of hydrogen-bond donors (Lipinski definition) is 1. The van der Waals surface area contributed by atoms with E-state index in [0.717, 1.165) is 37.2 Å². The highest BCUT2D eigenvalue weighted by Crippen LogP contribution is 2.21. The summed E-state index contributed by atoms with van der Waals surface area (Å²) in [5, 5.41) is 2.96. The molecule has 120 valence electrons. The van der Waals surface area contributed by atoms with Gasteiger partial charge in [0.15, 0.2) is 0 Å². The van der Waals surface area contributed by atoms with Gasteiger partial charge in [-0.15, -0.1) is 0 Å². The largest absolute Gasteiger partial charge is 0.356 e. The molecule has 0 unspecified atom stereocenters. The quantitative estimate of drug-likeness (QED) is 0.750. The highest BCUT2D eigenvalue weighted by Gasteiger charge is 2.21. The number of hydrogen-bond acceptors (Lipinski definition) is 2. The van der Waals surface area contributed by atoms with Crippen LogP contribution in [0.5, 0.6) is 0 Å². The summed E-state index contributed by atoms with van der Waals surface area (Å²) in [6.45, 7) is 3.74. The molecule has 2 rings (SSSR count). The Labute approximate surface area is 132 Å². The van der Waals surface area contributed by atoms with Crippen LogP contribution >= 0.6 is 0 Å². The first-order valence-electron chi connectivity index (χ1n) is 8.36. The van der Waals surface area contributed by atoms with Gasteiger partial charge in [-0.05, 0) is 30.5 Å². The summed E-state index contributed by atoms with van der Waals surface area (Å²) in [5.74, 6) is 0.263. The van der Waals surface area contributed by atoms with Crippen LogP contribution in [0.2, 0.25) is 0 Å². The average Bonchev–Trinajstić information content (AvgIpc) is 2.94. The second-order valence-electron chi connectivity index (χ2n) is 5.90. The van der Waals surface area contributed by atoms with E-state index in [1.165, 1.54) is 19.3 Å². The van der Waals surface area contributed by atoms with E-state index in [2.05, 4.69) is 12.2 Å². The van der Waals surface area contributed by atoms with Crippen molar-refractivity contribution in [3.05, 3.63) is 29.8 Å². The molecule has 1 saturated heterocycles. The molecule has 0 radical (unpaired) electrons. The van der Waals surface area contributed by atoms with Crippen LogP contribution in [0.1, 0.15) is 51.0 Å². The number of unbranched alkanes of at least 4 members (excludes halogenated alkanes) is 3. The summed E-state index contributed by atoms with van der Waals surface area (Å²) in [4.78, 5) is 25.4. The number of anilines is 1. The van der Waals surface area contributed by atoms with E-state index < -0.39 is 0 Å². The van der Waals surface area contributed by atoms with Gasteiger partial charge >= 0.3 is 0 Å². The van der Waals surface area contributed by atoms with E-state index in [0.29, 0.717) is 12.8 Å². The summed E-state index contributed by atoms with van der Waals surface area (Å²) < 4.78 is 0. The van der Waals surface area contributed by atoms with E-state index >= 15 is 0 Å².